The van der Waals surface area contributed by atoms with Gasteiger partial charge in [-0.15, -0.1) is 13.2 Å². The number of ketones is 1. The molecule has 0 aromatic heterocycles. The van der Waals surface area contributed by atoms with Crippen LogP contribution in [0.4, 0.5) is 13.2 Å². The summed E-state index contributed by atoms with van der Waals surface area (Å²) in [5, 5.41) is 0. The fraction of sp³-hybridized carbons (Fsp3) is 0.417. The molecule has 0 aliphatic heterocycles. The van der Waals surface area contributed by atoms with Crippen LogP contribution in [0.2, 0.25) is 0 Å². The van der Waals surface area contributed by atoms with E-state index in [0.717, 1.165) is 5.56 Å². The third-order valence-electron chi connectivity index (χ3n) is 2.24. The van der Waals surface area contributed by atoms with Crippen LogP contribution in [0.1, 0.15) is 25.3 Å². The summed E-state index contributed by atoms with van der Waals surface area (Å²) in [6.07, 6.45) is -3.23. The zero-order chi connectivity index (χ0) is 12.9. The van der Waals surface area contributed by atoms with Gasteiger partial charge in [0.15, 0.2) is 0 Å². The molecule has 0 fully saturated rings. The number of benzene rings is 1. The summed E-state index contributed by atoms with van der Waals surface area (Å²) >= 11 is 0. The molecule has 1 aromatic carbocycles. The maximum atomic E-state index is 11.9. The van der Waals surface area contributed by atoms with Gasteiger partial charge in [0.2, 0.25) is 0 Å². The van der Waals surface area contributed by atoms with Gasteiger partial charge in [-0.25, -0.2) is 0 Å². The lowest BCUT2D eigenvalue weighted by Crippen LogP contribution is -2.17. The number of alkyl halides is 3. The van der Waals surface area contributed by atoms with Gasteiger partial charge in [-0.3, -0.25) is 4.79 Å². The highest BCUT2D eigenvalue weighted by Crippen LogP contribution is 2.22. The van der Waals surface area contributed by atoms with Gasteiger partial charge in [0.25, 0.3) is 0 Å². The van der Waals surface area contributed by atoms with E-state index in [1.54, 1.807) is 6.92 Å². The van der Waals surface area contributed by atoms with E-state index < -0.39 is 6.36 Å². The van der Waals surface area contributed by atoms with Crippen LogP contribution >= 0.6 is 0 Å². The number of hydrogen-bond donors (Lipinski definition) is 0. The highest BCUT2D eigenvalue weighted by atomic mass is 19.4. The Morgan fingerprint density at radius 2 is 1.82 bits per heavy atom. The molecule has 0 aliphatic carbocycles. The van der Waals surface area contributed by atoms with E-state index in [0.29, 0.717) is 19.3 Å². The molecule has 0 spiro atoms. The van der Waals surface area contributed by atoms with Crippen molar-refractivity contribution < 1.29 is 22.7 Å². The molecule has 1 aromatic rings. The second-order valence-electron chi connectivity index (χ2n) is 3.58. The number of rotatable bonds is 5. The zero-order valence-electron chi connectivity index (χ0n) is 9.38. The van der Waals surface area contributed by atoms with E-state index in [2.05, 4.69) is 4.74 Å². The zero-order valence-corrected chi connectivity index (χ0v) is 9.38. The minimum absolute atomic E-state index is 0.139. The molecule has 17 heavy (non-hydrogen) atoms. The van der Waals surface area contributed by atoms with Crippen LogP contribution in [-0.2, 0) is 11.2 Å². The number of Topliss-reactive ketones (excluding diaryl/α,β-unsaturated/α-hetero) is 1. The molecule has 94 valence electrons. The molecule has 0 saturated carbocycles. The number of carbonyl (C=O) groups excluding carboxylic acids is 1. The third-order valence-corrected chi connectivity index (χ3v) is 2.24. The Labute approximate surface area is 97.4 Å². The van der Waals surface area contributed by atoms with Crippen LogP contribution in [0.3, 0.4) is 0 Å². The molecular formula is C12H13F3O2. The summed E-state index contributed by atoms with van der Waals surface area (Å²) in [7, 11) is 0. The van der Waals surface area contributed by atoms with Crippen molar-refractivity contribution in [2.45, 2.75) is 32.5 Å². The Kier molecular flexibility index (Phi) is 4.54. The van der Waals surface area contributed by atoms with E-state index in [1.807, 2.05) is 0 Å². The minimum atomic E-state index is -4.67. The molecule has 0 heterocycles. The number of ether oxygens (including phenoxy) is 1. The molecule has 0 bridgehead atoms. The third kappa shape index (κ3) is 5.38. The molecule has 0 amide bonds. The number of carbonyl (C=O) groups is 1. The summed E-state index contributed by atoms with van der Waals surface area (Å²) < 4.78 is 39.4. The standard InChI is InChI=1S/C12H13F3O2/c1-2-10(16)6-3-9-4-7-11(8-5-9)17-12(13,14)15/h4-5,7-8H,2-3,6H2,1H3. The average Bonchev–Trinajstić information content (AvgIpc) is 2.25. The molecule has 0 aliphatic rings. The smallest absolute Gasteiger partial charge is 0.406 e. The second-order valence-corrected chi connectivity index (χ2v) is 3.58. The van der Waals surface area contributed by atoms with Gasteiger partial charge in [-0.1, -0.05) is 19.1 Å². The molecule has 5 heteroatoms. The molecule has 0 atom stereocenters. The average molecular weight is 246 g/mol. The van der Waals surface area contributed by atoms with Gasteiger partial charge in [-0.05, 0) is 24.1 Å². The predicted molar refractivity (Wildman–Crippen MR) is 56.7 cm³/mol. The van der Waals surface area contributed by atoms with Crippen molar-refractivity contribution in [1.82, 2.24) is 0 Å². The van der Waals surface area contributed by atoms with Crippen LogP contribution in [-0.4, -0.2) is 12.1 Å². The largest absolute Gasteiger partial charge is 0.573 e. The fourth-order valence-corrected chi connectivity index (χ4v) is 1.32. The van der Waals surface area contributed by atoms with E-state index in [9.17, 15) is 18.0 Å². The van der Waals surface area contributed by atoms with Crippen LogP contribution < -0.4 is 4.74 Å². The van der Waals surface area contributed by atoms with Crippen molar-refractivity contribution in [3.05, 3.63) is 29.8 Å². The monoisotopic (exact) mass is 246 g/mol. The van der Waals surface area contributed by atoms with Crippen LogP contribution in [0.15, 0.2) is 24.3 Å². The van der Waals surface area contributed by atoms with Crippen LogP contribution in [0, 0.1) is 0 Å². The number of halogens is 3. The lowest BCUT2D eigenvalue weighted by Gasteiger charge is -2.09. The van der Waals surface area contributed by atoms with Crippen molar-refractivity contribution in [2.75, 3.05) is 0 Å². The molecule has 0 radical (unpaired) electrons. The van der Waals surface area contributed by atoms with E-state index >= 15 is 0 Å². The molecule has 0 saturated heterocycles. The summed E-state index contributed by atoms with van der Waals surface area (Å²) in [6.45, 7) is 1.78. The first kappa shape index (κ1) is 13.5. The Morgan fingerprint density at radius 3 is 2.29 bits per heavy atom. The molecule has 0 N–H and O–H groups in total. The van der Waals surface area contributed by atoms with Gasteiger partial charge in [0, 0.05) is 12.8 Å². The van der Waals surface area contributed by atoms with Crippen LogP contribution in [0.5, 0.6) is 5.75 Å². The maximum Gasteiger partial charge on any atom is 0.573 e. The van der Waals surface area contributed by atoms with E-state index in [1.165, 1.54) is 24.3 Å². The Balaban J connectivity index is 2.53. The summed E-state index contributed by atoms with van der Waals surface area (Å²) in [6, 6.07) is 5.56. The van der Waals surface area contributed by atoms with Crippen molar-refractivity contribution in [3.63, 3.8) is 0 Å². The normalized spacial score (nSPS) is 11.3. The van der Waals surface area contributed by atoms with Gasteiger partial charge in [-0.2, -0.15) is 0 Å². The van der Waals surface area contributed by atoms with Gasteiger partial charge < -0.3 is 4.74 Å². The highest BCUT2D eigenvalue weighted by Gasteiger charge is 2.30. The molecule has 0 unspecified atom stereocenters. The highest BCUT2D eigenvalue weighted by molar-refractivity contribution is 5.78. The Bertz CT molecular complexity index is 368. The molecular weight excluding hydrogens is 233 g/mol. The van der Waals surface area contributed by atoms with Crippen molar-refractivity contribution in [2.24, 2.45) is 0 Å². The lowest BCUT2D eigenvalue weighted by molar-refractivity contribution is -0.274. The maximum absolute atomic E-state index is 11.9. The number of hydrogen-bond acceptors (Lipinski definition) is 2. The Morgan fingerprint density at radius 1 is 1.24 bits per heavy atom. The van der Waals surface area contributed by atoms with Crippen molar-refractivity contribution in [1.29, 1.82) is 0 Å². The molecule has 1 rings (SSSR count). The van der Waals surface area contributed by atoms with E-state index in [-0.39, 0.29) is 11.5 Å². The SMILES string of the molecule is CCC(=O)CCc1ccc(OC(F)(F)F)cc1. The molecule has 2 nitrogen and oxygen atoms in total. The first-order valence-corrected chi connectivity index (χ1v) is 5.27. The van der Waals surface area contributed by atoms with Crippen molar-refractivity contribution in [3.8, 4) is 5.75 Å². The second kappa shape index (κ2) is 5.70. The van der Waals surface area contributed by atoms with Crippen molar-refractivity contribution >= 4 is 5.78 Å². The summed E-state index contributed by atoms with van der Waals surface area (Å²) in [4.78, 5) is 11.1. The fourth-order valence-electron chi connectivity index (χ4n) is 1.32. The summed E-state index contributed by atoms with van der Waals surface area (Å²) in [5.41, 5.74) is 0.821. The topological polar surface area (TPSA) is 26.3 Å². The minimum Gasteiger partial charge on any atom is -0.406 e. The number of aryl methyl sites for hydroxylation is 1. The predicted octanol–water partition coefficient (Wildman–Crippen LogP) is 3.50. The van der Waals surface area contributed by atoms with Gasteiger partial charge in [0.1, 0.15) is 11.5 Å². The van der Waals surface area contributed by atoms with Gasteiger partial charge >= 0.3 is 6.36 Å². The van der Waals surface area contributed by atoms with Gasteiger partial charge in [0.05, 0.1) is 0 Å². The summed E-state index contributed by atoms with van der Waals surface area (Å²) in [5.74, 6) is -0.108. The van der Waals surface area contributed by atoms with E-state index in [4.69, 9.17) is 0 Å². The quantitative estimate of drug-likeness (QED) is 0.794. The van der Waals surface area contributed by atoms with Crippen LogP contribution in [0.25, 0.3) is 0 Å². The lowest BCUT2D eigenvalue weighted by atomic mass is 10.1. The first-order valence-electron chi connectivity index (χ1n) is 5.27. The first-order chi connectivity index (χ1) is 7.90. The Hall–Kier alpha value is -1.52.